The first kappa shape index (κ1) is 33.3. The zero-order valence-electron chi connectivity index (χ0n) is 31.4. The highest BCUT2D eigenvalue weighted by molar-refractivity contribution is 6.09. The number of hydrogen-bond acceptors (Lipinski definition) is 3. The van der Waals surface area contributed by atoms with Crippen molar-refractivity contribution in [3.05, 3.63) is 205 Å². The lowest BCUT2D eigenvalue weighted by Crippen LogP contribution is -2.09. The molecule has 2 aromatic heterocycles. The summed E-state index contributed by atoms with van der Waals surface area (Å²) < 4.78 is 12.9. The quantitative estimate of drug-likeness (QED) is 0.163. The van der Waals surface area contributed by atoms with E-state index in [0.717, 1.165) is 91.9 Å². The molecule has 2 heterocycles. The number of hydrogen-bond donors (Lipinski definition) is 0. The standard InChI is InChI=1S/C54H39NO2/c1-2-10-36(11-3-1)37-20-22-38(23-21-37)39-24-30-42(31-25-39)55(43-32-26-40(27-33-43)45-14-8-16-49-47-12-4-6-18-51(47)56-53(45)49)44-34-28-41(29-35-44)46-15-9-17-50-48-13-5-7-19-52(48)57-54(46)50/h1-4,6-10,12,14-36H,5,11,13H2. The Morgan fingerprint density at radius 1 is 0.474 bits per heavy atom. The van der Waals surface area contributed by atoms with Gasteiger partial charge in [0.05, 0.1) is 0 Å². The molecule has 1 unspecified atom stereocenters. The molecule has 0 aliphatic heterocycles. The van der Waals surface area contributed by atoms with Gasteiger partial charge in [-0.25, -0.2) is 0 Å². The van der Waals surface area contributed by atoms with Crippen LogP contribution in [0, 0.1) is 0 Å². The summed E-state index contributed by atoms with van der Waals surface area (Å²) in [6, 6.07) is 56.9. The van der Waals surface area contributed by atoms with Gasteiger partial charge in [-0.2, -0.15) is 0 Å². The summed E-state index contributed by atoms with van der Waals surface area (Å²) in [6.45, 7) is 0. The van der Waals surface area contributed by atoms with Crippen molar-refractivity contribution in [2.75, 3.05) is 4.90 Å². The van der Waals surface area contributed by atoms with Crippen LogP contribution in [0.3, 0.4) is 0 Å². The topological polar surface area (TPSA) is 29.5 Å². The van der Waals surface area contributed by atoms with Crippen molar-refractivity contribution in [1.82, 2.24) is 0 Å². The van der Waals surface area contributed by atoms with Crippen molar-refractivity contribution < 1.29 is 8.83 Å². The predicted octanol–water partition coefficient (Wildman–Crippen LogP) is 15.4. The fraction of sp³-hybridized carbons (Fsp3) is 0.0741. The first-order chi connectivity index (χ1) is 28.2. The third-order valence-corrected chi connectivity index (χ3v) is 11.7. The van der Waals surface area contributed by atoms with E-state index in [9.17, 15) is 0 Å². The van der Waals surface area contributed by atoms with Crippen molar-refractivity contribution >= 4 is 56.0 Å². The summed E-state index contributed by atoms with van der Waals surface area (Å²) in [7, 11) is 0. The molecule has 9 aromatic rings. The molecule has 3 nitrogen and oxygen atoms in total. The number of nitrogens with zero attached hydrogens (tertiary/aromatic N) is 1. The van der Waals surface area contributed by atoms with Gasteiger partial charge in [-0.3, -0.25) is 0 Å². The van der Waals surface area contributed by atoms with Crippen LogP contribution >= 0.6 is 0 Å². The van der Waals surface area contributed by atoms with Crippen molar-refractivity contribution in [2.24, 2.45) is 0 Å². The zero-order chi connectivity index (χ0) is 37.7. The number of para-hydroxylation sites is 3. The predicted molar refractivity (Wildman–Crippen MR) is 237 cm³/mol. The highest BCUT2D eigenvalue weighted by Crippen LogP contribution is 2.42. The van der Waals surface area contributed by atoms with Crippen molar-refractivity contribution in [3.63, 3.8) is 0 Å². The number of aryl methyl sites for hydroxylation is 1. The van der Waals surface area contributed by atoms with Crippen molar-refractivity contribution in [1.29, 1.82) is 0 Å². The third kappa shape index (κ3) is 5.91. The largest absolute Gasteiger partial charge is 0.456 e. The van der Waals surface area contributed by atoms with Gasteiger partial charge in [0.1, 0.15) is 22.5 Å². The maximum absolute atomic E-state index is 6.46. The average molecular weight is 734 g/mol. The van der Waals surface area contributed by atoms with Crippen LogP contribution in [0.5, 0.6) is 0 Å². The Kier molecular flexibility index (Phi) is 8.10. The lowest BCUT2D eigenvalue weighted by molar-refractivity contribution is 0.596. The number of furan rings is 2. The van der Waals surface area contributed by atoms with Crippen LogP contribution in [0.4, 0.5) is 17.1 Å². The number of rotatable bonds is 7. The highest BCUT2D eigenvalue weighted by atomic mass is 16.3. The normalized spacial score (nSPS) is 14.8. The summed E-state index contributed by atoms with van der Waals surface area (Å²) in [5.41, 5.74) is 15.5. The third-order valence-electron chi connectivity index (χ3n) is 11.7. The first-order valence-corrected chi connectivity index (χ1v) is 19.9. The molecule has 0 saturated carbocycles. The maximum atomic E-state index is 6.46. The molecule has 0 N–H and O–H groups in total. The van der Waals surface area contributed by atoms with Crippen LogP contribution in [0.1, 0.15) is 35.6 Å². The highest BCUT2D eigenvalue weighted by Gasteiger charge is 2.19. The smallest absolute Gasteiger partial charge is 0.143 e. The lowest BCUT2D eigenvalue weighted by atomic mass is 9.91. The van der Waals surface area contributed by atoms with Crippen molar-refractivity contribution in [2.45, 2.75) is 25.2 Å². The summed E-state index contributed by atoms with van der Waals surface area (Å²) in [5, 5.41) is 3.49. The van der Waals surface area contributed by atoms with E-state index >= 15 is 0 Å². The Morgan fingerprint density at radius 3 is 1.70 bits per heavy atom. The average Bonchev–Trinajstić information content (AvgIpc) is 3.87. The Balaban J connectivity index is 0.960. The summed E-state index contributed by atoms with van der Waals surface area (Å²) >= 11 is 0. The van der Waals surface area contributed by atoms with Crippen LogP contribution in [0.15, 0.2) is 197 Å². The molecule has 0 amide bonds. The summed E-state index contributed by atoms with van der Waals surface area (Å²) in [6.07, 6.45) is 16.3. The van der Waals surface area contributed by atoms with E-state index in [2.05, 4.69) is 187 Å². The van der Waals surface area contributed by atoms with E-state index in [1.807, 2.05) is 12.1 Å². The molecule has 57 heavy (non-hydrogen) atoms. The van der Waals surface area contributed by atoms with Gasteiger partial charge in [-0.1, -0.05) is 146 Å². The molecule has 0 bridgehead atoms. The number of fused-ring (bicyclic) bond motifs is 6. The molecular formula is C54H39NO2. The van der Waals surface area contributed by atoms with Crippen LogP contribution in [-0.2, 0) is 6.42 Å². The second kappa shape index (κ2) is 13.9. The molecule has 272 valence electrons. The lowest BCUT2D eigenvalue weighted by Gasteiger charge is -2.26. The minimum atomic E-state index is 0.443. The van der Waals surface area contributed by atoms with Gasteiger partial charge in [-0.15, -0.1) is 0 Å². The van der Waals surface area contributed by atoms with Gasteiger partial charge in [-0.05, 0) is 95.6 Å². The molecule has 0 fully saturated rings. The Morgan fingerprint density at radius 2 is 1.05 bits per heavy atom. The Labute approximate surface area is 332 Å². The second-order valence-electron chi connectivity index (χ2n) is 15.1. The molecule has 0 saturated heterocycles. The molecule has 1 atom stereocenters. The van der Waals surface area contributed by atoms with Crippen LogP contribution in [-0.4, -0.2) is 0 Å². The Hall–Kier alpha value is -7.10. The second-order valence-corrected chi connectivity index (χ2v) is 15.1. The molecular weight excluding hydrogens is 695 g/mol. The van der Waals surface area contributed by atoms with E-state index in [1.165, 1.54) is 27.6 Å². The number of allylic oxidation sites excluding steroid dienone is 5. The van der Waals surface area contributed by atoms with Gasteiger partial charge in [0, 0.05) is 55.8 Å². The van der Waals surface area contributed by atoms with Gasteiger partial charge >= 0.3 is 0 Å². The first-order valence-electron chi connectivity index (χ1n) is 19.9. The van der Waals surface area contributed by atoms with Crippen molar-refractivity contribution in [3.8, 4) is 33.4 Å². The molecule has 7 aromatic carbocycles. The monoisotopic (exact) mass is 733 g/mol. The van der Waals surface area contributed by atoms with E-state index in [1.54, 1.807) is 0 Å². The fourth-order valence-corrected chi connectivity index (χ4v) is 8.78. The van der Waals surface area contributed by atoms with E-state index < -0.39 is 0 Å². The van der Waals surface area contributed by atoms with Gasteiger partial charge in [0.15, 0.2) is 0 Å². The minimum Gasteiger partial charge on any atom is -0.456 e. The molecule has 2 aliphatic rings. The molecule has 2 aliphatic carbocycles. The fourth-order valence-electron chi connectivity index (χ4n) is 8.78. The molecule has 0 radical (unpaired) electrons. The SMILES string of the molecule is C1=CCC(c2ccc(-c3ccc(N(c4ccc(-c5cccc6c7c(oc56)C=CCC7)cc4)c4ccc(-c5cccc6c5oc5ccccc56)cc4)cc3)cc2)C=C1. The van der Waals surface area contributed by atoms with Crippen LogP contribution < -0.4 is 4.90 Å². The summed E-state index contributed by atoms with van der Waals surface area (Å²) in [5.74, 6) is 1.43. The number of anilines is 3. The van der Waals surface area contributed by atoms with Gasteiger partial charge in [0.2, 0.25) is 0 Å². The molecule has 0 spiro atoms. The maximum Gasteiger partial charge on any atom is 0.143 e. The zero-order valence-corrected chi connectivity index (χ0v) is 31.4. The Bertz CT molecular complexity index is 3010. The van der Waals surface area contributed by atoms with Crippen LogP contribution in [0.25, 0.3) is 72.4 Å². The van der Waals surface area contributed by atoms with E-state index in [4.69, 9.17) is 8.83 Å². The van der Waals surface area contributed by atoms with Gasteiger partial charge in [0.25, 0.3) is 0 Å². The number of benzene rings is 7. The van der Waals surface area contributed by atoms with E-state index in [-0.39, 0.29) is 0 Å². The minimum absolute atomic E-state index is 0.443. The van der Waals surface area contributed by atoms with Gasteiger partial charge < -0.3 is 13.7 Å². The summed E-state index contributed by atoms with van der Waals surface area (Å²) in [4.78, 5) is 2.34. The molecule has 11 rings (SSSR count). The molecule has 3 heteroatoms. The van der Waals surface area contributed by atoms with E-state index in [0.29, 0.717) is 5.92 Å². The van der Waals surface area contributed by atoms with Crippen LogP contribution in [0.2, 0.25) is 0 Å².